The standard InChI is InChI=1S/C20H24N4O5/c1-3-16-15(19(26)27)12-17(18(21-16)29-2)22-20(28)24-9-7-23(8-10-24)13-5-4-6-14(25)11-13/h4-6,11-12,25H,3,7-10H2,1-2H3,(H,22,28)(H,26,27). The molecule has 0 unspecified atom stereocenters. The van der Waals surface area contributed by atoms with E-state index in [1.165, 1.54) is 13.2 Å². The monoisotopic (exact) mass is 400 g/mol. The largest absolute Gasteiger partial charge is 0.508 e. The van der Waals surface area contributed by atoms with Crippen LogP contribution in [-0.4, -0.2) is 65.4 Å². The summed E-state index contributed by atoms with van der Waals surface area (Å²) in [6.07, 6.45) is 0.434. The zero-order valence-electron chi connectivity index (χ0n) is 16.4. The van der Waals surface area contributed by atoms with Gasteiger partial charge in [0.25, 0.3) is 0 Å². The van der Waals surface area contributed by atoms with E-state index in [1.807, 2.05) is 6.07 Å². The van der Waals surface area contributed by atoms with Crippen molar-refractivity contribution in [3.63, 3.8) is 0 Å². The highest BCUT2D eigenvalue weighted by Gasteiger charge is 2.24. The third kappa shape index (κ3) is 4.50. The third-order valence-corrected chi connectivity index (χ3v) is 4.83. The number of urea groups is 1. The lowest BCUT2D eigenvalue weighted by atomic mass is 10.1. The van der Waals surface area contributed by atoms with Crippen molar-refractivity contribution in [2.24, 2.45) is 0 Å². The molecule has 29 heavy (non-hydrogen) atoms. The minimum Gasteiger partial charge on any atom is -0.508 e. The number of nitrogens with zero attached hydrogens (tertiary/aromatic N) is 3. The molecule has 0 saturated carbocycles. The number of phenols is 1. The average Bonchev–Trinajstić information content (AvgIpc) is 2.73. The number of anilines is 2. The molecule has 1 aromatic carbocycles. The number of nitrogens with one attached hydrogen (secondary N) is 1. The van der Waals surface area contributed by atoms with Gasteiger partial charge < -0.3 is 30.1 Å². The van der Waals surface area contributed by atoms with Crippen LogP contribution in [0, 0.1) is 0 Å². The normalized spacial score (nSPS) is 13.9. The fourth-order valence-corrected chi connectivity index (χ4v) is 3.28. The summed E-state index contributed by atoms with van der Waals surface area (Å²) < 4.78 is 5.23. The highest BCUT2D eigenvalue weighted by Crippen LogP contribution is 2.26. The summed E-state index contributed by atoms with van der Waals surface area (Å²) in [5.41, 5.74) is 1.56. The van der Waals surface area contributed by atoms with Crippen molar-refractivity contribution in [2.45, 2.75) is 13.3 Å². The number of rotatable bonds is 5. The van der Waals surface area contributed by atoms with Gasteiger partial charge in [-0.05, 0) is 24.6 Å². The van der Waals surface area contributed by atoms with Crippen LogP contribution in [0.1, 0.15) is 23.0 Å². The number of benzene rings is 1. The number of pyridine rings is 1. The van der Waals surface area contributed by atoms with Crippen LogP contribution in [0.25, 0.3) is 0 Å². The van der Waals surface area contributed by atoms with Crippen molar-refractivity contribution < 1.29 is 24.5 Å². The van der Waals surface area contributed by atoms with Gasteiger partial charge in [-0.3, -0.25) is 0 Å². The Morgan fingerprint density at radius 2 is 1.93 bits per heavy atom. The molecule has 0 bridgehead atoms. The Balaban J connectivity index is 1.69. The van der Waals surface area contributed by atoms with E-state index in [9.17, 15) is 19.8 Å². The van der Waals surface area contributed by atoms with E-state index in [1.54, 1.807) is 30.0 Å². The minimum absolute atomic E-state index is 0.0392. The molecule has 9 nitrogen and oxygen atoms in total. The van der Waals surface area contributed by atoms with Crippen LogP contribution >= 0.6 is 0 Å². The van der Waals surface area contributed by atoms with Gasteiger partial charge >= 0.3 is 12.0 Å². The fraction of sp³-hybridized carbons (Fsp3) is 0.350. The lowest BCUT2D eigenvalue weighted by molar-refractivity contribution is 0.0695. The number of ether oxygens (including phenoxy) is 1. The quantitative estimate of drug-likeness (QED) is 0.706. The van der Waals surface area contributed by atoms with Crippen molar-refractivity contribution in [2.75, 3.05) is 43.5 Å². The van der Waals surface area contributed by atoms with Gasteiger partial charge in [-0.2, -0.15) is 0 Å². The topological polar surface area (TPSA) is 115 Å². The van der Waals surface area contributed by atoms with Gasteiger partial charge in [-0.25, -0.2) is 14.6 Å². The molecule has 2 amide bonds. The predicted molar refractivity (Wildman–Crippen MR) is 108 cm³/mol. The number of piperazine rings is 1. The summed E-state index contributed by atoms with van der Waals surface area (Å²) in [4.78, 5) is 32.1. The van der Waals surface area contributed by atoms with E-state index in [0.717, 1.165) is 5.69 Å². The molecule has 0 aliphatic carbocycles. The number of aromatic hydroxyl groups is 1. The summed E-state index contributed by atoms with van der Waals surface area (Å²) in [5, 5.41) is 21.8. The van der Waals surface area contributed by atoms with Gasteiger partial charge in [-0.15, -0.1) is 0 Å². The molecule has 1 aliphatic heterocycles. The Bertz CT molecular complexity index is 910. The molecule has 0 radical (unpaired) electrons. The molecule has 154 valence electrons. The average molecular weight is 400 g/mol. The van der Waals surface area contributed by atoms with Crippen LogP contribution in [0.4, 0.5) is 16.2 Å². The number of phenolic OH excluding ortho intramolecular Hbond substituents is 1. The van der Waals surface area contributed by atoms with Gasteiger partial charge in [0.05, 0.1) is 18.4 Å². The molecular weight excluding hydrogens is 376 g/mol. The summed E-state index contributed by atoms with van der Waals surface area (Å²) in [6.45, 7) is 3.99. The SMILES string of the molecule is CCc1nc(OC)c(NC(=O)N2CCN(c3cccc(O)c3)CC2)cc1C(=O)O. The Hall–Kier alpha value is -3.49. The Labute approximate surface area is 168 Å². The van der Waals surface area contributed by atoms with Gasteiger partial charge in [0.1, 0.15) is 11.4 Å². The number of hydrogen-bond donors (Lipinski definition) is 3. The number of carboxylic acid groups (broad SMARTS) is 1. The Morgan fingerprint density at radius 1 is 1.21 bits per heavy atom. The maximum atomic E-state index is 12.7. The smallest absolute Gasteiger partial charge is 0.337 e. The summed E-state index contributed by atoms with van der Waals surface area (Å²) in [7, 11) is 1.42. The maximum absolute atomic E-state index is 12.7. The highest BCUT2D eigenvalue weighted by molar-refractivity contribution is 5.95. The molecule has 1 saturated heterocycles. The van der Waals surface area contributed by atoms with Crippen LogP contribution in [-0.2, 0) is 6.42 Å². The first kappa shape index (κ1) is 20.2. The maximum Gasteiger partial charge on any atom is 0.337 e. The lowest BCUT2D eigenvalue weighted by Crippen LogP contribution is -2.50. The molecule has 3 rings (SSSR count). The minimum atomic E-state index is -1.10. The number of amides is 2. The molecular formula is C20H24N4O5. The van der Waals surface area contributed by atoms with E-state index < -0.39 is 5.97 Å². The molecule has 2 heterocycles. The number of aromatic nitrogens is 1. The van der Waals surface area contributed by atoms with Crippen LogP contribution < -0.4 is 15.0 Å². The second kappa shape index (κ2) is 8.68. The number of aryl methyl sites for hydroxylation is 1. The third-order valence-electron chi connectivity index (χ3n) is 4.83. The fourth-order valence-electron chi connectivity index (χ4n) is 3.28. The number of aromatic carboxylic acids is 1. The van der Waals surface area contributed by atoms with Gasteiger partial charge in [0, 0.05) is 37.9 Å². The van der Waals surface area contributed by atoms with Crippen LogP contribution in [0.2, 0.25) is 0 Å². The molecule has 0 atom stereocenters. The zero-order chi connectivity index (χ0) is 21.0. The Kier molecular flexibility index (Phi) is 6.06. The summed E-state index contributed by atoms with van der Waals surface area (Å²) in [6, 6.07) is 8.03. The molecule has 9 heteroatoms. The van der Waals surface area contributed by atoms with E-state index in [-0.39, 0.29) is 28.9 Å². The molecule has 3 N–H and O–H groups in total. The van der Waals surface area contributed by atoms with Crippen molar-refractivity contribution in [1.29, 1.82) is 0 Å². The van der Waals surface area contributed by atoms with Crippen molar-refractivity contribution in [3.8, 4) is 11.6 Å². The predicted octanol–water partition coefficient (Wildman–Crippen LogP) is 2.41. The second-order valence-electron chi connectivity index (χ2n) is 6.62. The van der Waals surface area contributed by atoms with Crippen LogP contribution in [0.5, 0.6) is 11.6 Å². The van der Waals surface area contributed by atoms with Gasteiger partial charge in [0.2, 0.25) is 5.88 Å². The molecule has 0 spiro atoms. The van der Waals surface area contributed by atoms with E-state index in [4.69, 9.17) is 4.74 Å². The van der Waals surface area contributed by atoms with E-state index >= 15 is 0 Å². The molecule has 2 aromatic rings. The van der Waals surface area contributed by atoms with Crippen molar-refractivity contribution >= 4 is 23.4 Å². The lowest BCUT2D eigenvalue weighted by Gasteiger charge is -2.36. The van der Waals surface area contributed by atoms with Crippen molar-refractivity contribution in [3.05, 3.63) is 41.6 Å². The van der Waals surface area contributed by atoms with Gasteiger partial charge in [-0.1, -0.05) is 13.0 Å². The second-order valence-corrected chi connectivity index (χ2v) is 6.62. The van der Waals surface area contributed by atoms with Crippen molar-refractivity contribution in [1.82, 2.24) is 9.88 Å². The number of methoxy groups -OCH3 is 1. The number of carbonyl (C=O) groups excluding carboxylic acids is 1. The summed E-state index contributed by atoms with van der Waals surface area (Å²) >= 11 is 0. The van der Waals surface area contributed by atoms with Gasteiger partial charge in [0.15, 0.2) is 0 Å². The first-order valence-electron chi connectivity index (χ1n) is 9.34. The molecule has 1 aliphatic rings. The number of carboxylic acids is 1. The number of hydrogen-bond acceptors (Lipinski definition) is 6. The molecule has 1 aromatic heterocycles. The summed E-state index contributed by atoms with van der Waals surface area (Å²) in [5.74, 6) is -0.724. The Morgan fingerprint density at radius 3 is 2.52 bits per heavy atom. The zero-order valence-corrected chi connectivity index (χ0v) is 16.4. The van der Waals surface area contributed by atoms with E-state index in [0.29, 0.717) is 38.3 Å². The first-order valence-corrected chi connectivity index (χ1v) is 9.34. The van der Waals surface area contributed by atoms with Crippen LogP contribution in [0.15, 0.2) is 30.3 Å². The first-order chi connectivity index (χ1) is 13.9. The number of carbonyl (C=O) groups is 2. The van der Waals surface area contributed by atoms with E-state index in [2.05, 4.69) is 15.2 Å². The highest BCUT2D eigenvalue weighted by atomic mass is 16.5. The van der Waals surface area contributed by atoms with Crippen LogP contribution in [0.3, 0.4) is 0 Å². The molecule has 1 fully saturated rings.